The Bertz CT molecular complexity index is 1550. The molecule has 0 spiro atoms. The highest BCUT2D eigenvalue weighted by atomic mass is 32.2. The molecule has 0 bridgehead atoms. The monoisotopic (exact) mass is 479 g/mol. The van der Waals surface area contributed by atoms with Crippen LogP contribution in [-0.2, 0) is 0 Å². The molecule has 2 amide bonds. The zero-order valence-electron chi connectivity index (χ0n) is 19.7. The third-order valence-corrected chi connectivity index (χ3v) is 6.47. The van der Waals surface area contributed by atoms with Gasteiger partial charge in [-0.2, -0.15) is 0 Å². The first-order chi connectivity index (χ1) is 17.0. The predicted octanol–water partition coefficient (Wildman–Crippen LogP) is 6.91. The van der Waals surface area contributed by atoms with E-state index in [0.717, 1.165) is 62.0 Å². The van der Waals surface area contributed by atoms with Gasteiger partial charge in [-0.15, -0.1) is 0 Å². The number of hydrogen-bond acceptors (Lipinski definition) is 4. The van der Waals surface area contributed by atoms with Crippen molar-refractivity contribution >= 4 is 51.9 Å². The smallest absolute Gasteiger partial charge is 0.307 e. The molecule has 0 aliphatic heterocycles. The number of rotatable bonds is 5. The second kappa shape index (κ2) is 9.64. The molecule has 2 N–H and O–H groups in total. The van der Waals surface area contributed by atoms with E-state index in [2.05, 4.69) is 79.4 Å². The summed E-state index contributed by atoms with van der Waals surface area (Å²) in [6.45, 7) is 6.02. The minimum Gasteiger partial charge on any atom is -0.307 e. The summed E-state index contributed by atoms with van der Waals surface area (Å²) in [6.07, 6.45) is 3.61. The maximum Gasteiger partial charge on any atom is 0.330 e. The highest BCUT2D eigenvalue weighted by molar-refractivity contribution is 7.96. The average Bonchev–Trinajstić information content (AvgIpc) is 3.29. The van der Waals surface area contributed by atoms with E-state index in [-0.39, 0.29) is 6.03 Å². The Labute approximate surface area is 208 Å². The maximum absolute atomic E-state index is 12.2. The molecule has 6 nitrogen and oxygen atoms in total. The number of nitrogens with zero attached hydrogens (tertiary/aromatic N) is 3. The molecule has 35 heavy (non-hydrogen) atoms. The predicted molar refractivity (Wildman–Crippen MR) is 147 cm³/mol. The van der Waals surface area contributed by atoms with E-state index in [4.69, 9.17) is 0 Å². The molecule has 0 unspecified atom stereocenters. The van der Waals surface area contributed by atoms with Crippen molar-refractivity contribution in [3.8, 4) is 5.69 Å². The lowest BCUT2D eigenvalue weighted by molar-refractivity contribution is 0.257. The third-order valence-electron chi connectivity index (χ3n) is 5.98. The topological polar surface area (TPSA) is 71.3 Å². The van der Waals surface area contributed by atoms with Crippen molar-refractivity contribution in [1.29, 1.82) is 0 Å². The molecule has 0 radical (unpaired) electrons. The standard InChI is InChI=1S/C28H25N5OS/c1-18-7-11-23(12-8-18)33-17-29-27-24-13-9-21(15-22(24)10-14-25(27)33)16-30-35-32-28(34)31-26-19(2)5-4-6-20(26)3/h4-17H,1-3H3,(H2,31,32,34)/b30-16+. The SMILES string of the molecule is Cc1ccc(-n2cnc3c4ccc(/C=N/SNC(=O)Nc5c(C)cccc5C)cc4ccc32)cc1. The highest BCUT2D eigenvalue weighted by Crippen LogP contribution is 2.27. The van der Waals surface area contributed by atoms with Crippen LogP contribution < -0.4 is 10.0 Å². The van der Waals surface area contributed by atoms with Crippen LogP contribution in [-0.4, -0.2) is 21.8 Å². The number of nitrogens with one attached hydrogen (secondary N) is 2. The van der Waals surface area contributed by atoms with Crippen molar-refractivity contribution < 1.29 is 4.79 Å². The van der Waals surface area contributed by atoms with Crippen LogP contribution in [0, 0.1) is 20.8 Å². The van der Waals surface area contributed by atoms with Gasteiger partial charge in [0.1, 0.15) is 6.33 Å². The van der Waals surface area contributed by atoms with Gasteiger partial charge in [0.05, 0.1) is 23.2 Å². The fraction of sp³-hybridized carbons (Fsp3) is 0.107. The first kappa shape index (κ1) is 22.7. The Morgan fingerprint density at radius 1 is 0.971 bits per heavy atom. The molecule has 5 aromatic rings. The zero-order chi connectivity index (χ0) is 24.4. The van der Waals surface area contributed by atoms with Crippen LogP contribution in [0.5, 0.6) is 0 Å². The van der Waals surface area contributed by atoms with Gasteiger partial charge in [0, 0.05) is 23.0 Å². The second-order valence-corrected chi connectivity index (χ2v) is 9.11. The summed E-state index contributed by atoms with van der Waals surface area (Å²) in [5, 5.41) is 5.05. The van der Waals surface area contributed by atoms with Gasteiger partial charge < -0.3 is 5.32 Å². The highest BCUT2D eigenvalue weighted by Gasteiger charge is 2.09. The van der Waals surface area contributed by atoms with E-state index < -0.39 is 0 Å². The van der Waals surface area contributed by atoms with Crippen molar-refractivity contribution in [3.05, 3.63) is 101 Å². The van der Waals surface area contributed by atoms with Gasteiger partial charge >= 0.3 is 6.03 Å². The maximum atomic E-state index is 12.2. The summed E-state index contributed by atoms with van der Waals surface area (Å²) < 4.78 is 9.09. The van der Waals surface area contributed by atoms with Gasteiger partial charge in [0.15, 0.2) is 0 Å². The lowest BCUT2D eigenvalue weighted by atomic mass is 10.1. The van der Waals surface area contributed by atoms with Crippen LogP contribution in [0.3, 0.4) is 0 Å². The first-order valence-corrected chi connectivity index (χ1v) is 12.1. The fourth-order valence-electron chi connectivity index (χ4n) is 4.13. The Balaban J connectivity index is 1.28. The lowest BCUT2D eigenvalue weighted by Gasteiger charge is -2.10. The largest absolute Gasteiger partial charge is 0.330 e. The minimum absolute atomic E-state index is 0.311. The molecule has 174 valence electrons. The molecule has 0 fully saturated rings. The number of benzene rings is 4. The van der Waals surface area contributed by atoms with Gasteiger partial charge in [0.2, 0.25) is 0 Å². The van der Waals surface area contributed by atoms with Crippen LogP contribution >= 0.6 is 12.1 Å². The van der Waals surface area contributed by atoms with Gasteiger partial charge in [-0.1, -0.05) is 54.1 Å². The molecular weight excluding hydrogens is 454 g/mol. The van der Waals surface area contributed by atoms with Gasteiger partial charge in [-0.05, 0) is 67.1 Å². The number of hydrogen-bond donors (Lipinski definition) is 2. The molecule has 0 saturated heterocycles. The molecule has 0 saturated carbocycles. The molecule has 0 aliphatic rings. The number of fused-ring (bicyclic) bond motifs is 3. The van der Waals surface area contributed by atoms with Crippen molar-refractivity contribution in [3.63, 3.8) is 0 Å². The number of urea groups is 1. The molecular formula is C28H25N5OS. The minimum atomic E-state index is -0.311. The lowest BCUT2D eigenvalue weighted by Crippen LogP contribution is -2.23. The van der Waals surface area contributed by atoms with E-state index >= 15 is 0 Å². The quantitative estimate of drug-likeness (QED) is 0.213. The zero-order valence-corrected chi connectivity index (χ0v) is 20.6. The number of amides is 2. The molecule has 0 atom stereocenters. The van der Waals surface area contributed by atoms with Crippen molar-refractivity contribution in [2.45, 2.75) is 20.8 Å². The third kappa shape index (κ3) is 4.76. The normalized spacial score (nSPS) is 11.4. The summed E-state index contributed by atoms with van der Waals surface area (Å²) in [4.78, 5) is 16.9. The van der Waals surface area contributed by atoms with Gasteiger partial charge in [-0.25, -0.2) is 14.2 Å². The van der Waals surface area contributed by atoms with E-state index in [1.807, 2.05) is 44.4 Å². The Morgan fingerprint density at radius 3 is 2.51 bits per heavy atom. The molecule has 0 aliphatic carbocycles. The summed E-state index contributed by atoms with van der Waals surface area (Å²) >= 11 is 0.989. The summed E-state index contributed by atoms with van der Waals surface area (Å²) in [6, 6.07) is 24.4. The molecule has 7 heteroatoms. The summed E-state index contributed by atoms with van der Waals surface area (Å²) in [7, 11) is 0. The summed E-state index contributed by atoms with van der Waals surface area (Å²) in [5.74, 6) is 0. The number of aryl methyl sites for hydroxylation is 3. The van der Waals surface area contributed by atoms with E-state index in [9.17, 15) is 4.79 Å². The van der Waals surface area contributed by atoms with E-state index in [1.165, 1.54) is 5.56 Å². The Hall–Kier alpha value is -4.10. The number of anilines is 1. The molecule has 1 heterocycles. The van der Waals surface area contributed by atoms with Crippen LogP contribution in [0.15, 0.2) is 83.5 Å². The molecule has 4 aromatic carbocycles. The molecule has 5 rings (SSSR count). The van der Waals surface area contributed by atoms with Crippen LogP contribution in [0.4, 0.5) is 10.5 Å². The number of aromatic nitrogens is 2. The fourth-order valence-corrected chi connectivity index (χ4v) is 4.49. The van der Waals surface area contributed by atoms with Crippen LogP contribution in [0.1, 0.15) is 22.3 Å². The second-order valence-electron chi connectivity index (χ2n) is 8.51. The van der Waals surface area contributed by atoms with E-state index in [0.29, 0.717) is 0 Å². The van der Waals surface area contributed by atoms with E-state index in [1.54, 1.807) is 6.21 Å². The van der Waals surface area contributed by atoms with Crippen LogP contribution in [0.2, 0.25) is 0 Å². The first-order valence-electron chi connectivity index (χ1n) is 11.3. The number of para-hydroxylation sites is 1. The number of carbonyl (C=O) groups is 1. The van der Waals surface area contributed by atoms with Crippen molar-refractivity contribution in [1.82, 2.24) is 14.3 Å². The number of carbonyl (C=O) groups excluding carboxylic acids is 1. The Morgan fingerprint density at radius 2 is 1.74 bits per heavy atom. The van der Waals surface area contributed by atoms with Gasteiger partial charge in [0.25, 0.3) is 0 Å². The average molecular weight is 480 g/mol. The molecule has 1 aromatic heterocycles. The Kier molecular flexibility index (Phi) is 6.25. The number of imidazole rings is 1. The van der Waals surface area contributed by atoms with Crippen molar-refractivity contribution in [2.75, 3.05) is 5.32 Å². The van der Waals surface area contributed by atoms with Crippen LogP contribution in [0.25, 0.3) is 27.5 Å². The van der Waals surface area contributed by atoms with Gasteiger partial charge in [-0.3, -0.25) is 9.29 Å². The van der Waals surface area contributed by atoms with Crippen molar-refractivity contribution in [2.24, 2.45) is 4.40 Å². The summed E-state index contributed by atoms with van der Waals surface area (Å²) in [5.41, 5.74) is 8.15.